The third kappa shape index (κ3) is 4.76. The van der Waals surface area contributed by atoms with Gasteiger partial charge in [-0.15, -0.1) is 0 Å². The average Bonchev–Trinajstić information content (AvgIpc) is 3.20. The summed E-state index contributed by atoms with van der Waals surface area (Å²) >= 11 is 0. The number of nitrogens with zero attached hydrogens (tertiary/aromatic N) is 3. The van der Waals surface area contributed by atoms with Crippen molar-refractivity contribution in [2.24, 2.45) is 0 Å². The molecule has 28 heavy (non-hydrogen) atoms. The van der Waals surface area contributed by atoms with Crippen LogP contribution in [0.15, 0.2) is 28.8 Å². The summed E-state index contributed by atoms with van der Waals surface area (Å²) in [4.78, 5) is 19.0. The maximum Gasteiger partial charge on any atom is 0.234 e. The van der Waals surface area contributed by atoms with E-state index in [1.165, 1.54) is 31.4 Å². The van der Waals surface area contributed by atoms with Crippen LogP contribution in [0.4, 0.5) is 4.39 Å². The summed E-state index contributed by atoms with van der Waals surface area (Å²) in [5.74, 6) is 1.18. The van der Waals surface area contributed by atoms with Crippen molar-refractivity contribution in [1.29, 1.82) is 0 Å². The lowest BCUT2D eigenvalue weighted by atomic mass is 9.95. The molecule has 0 radical (unpaired) electrons. The van der Waals surface area contributed by atoms with Crippen molar-refractivity contribution in [3.63, 3.8) is 0 Å². The van der Waals surface area contributed by atoms with Crippen molar-refractivity contribution in [1.82, 2.24) is 20.4 Å². The molecule has 1 aliphatic carbocycles. The molecule has 1 saturated heterocycles. The summed E-state index contributed by atoms with van der Waals surface area (Å²) < 4.78 is 18.5. The Labute approximate surface area is 164 Å². The molecule has 0 spiro atoms. The van der Waals surface area contributed by atoms with Crippen LogP contribution in [-0.2, 0) is 4.79 Å². The molecule has 150 valence electrons. The van der Waals surface area contributed by atoms with E-state index < -0.39 is 0 Å². The zero-order chi connectivity index (χ0) is 19.3. The number of benzene rings is 1. The number of halogens is 1. The number of nitrogens with one attached hydrogen (secondary N) is 1. The number of carbonyl (C=O) groups is 1. The molecule has 2 aliphatic rings. The first-order valence-electron chi connectivity index (χ1n) is 10.3. The van der Waals surface area contributed by atoms with E-state index >= 15 is 0 Å². The smallest absolute Gasteiger partial charge is 0.234 e. The normalized spacial score (nSPS) is 19.6. The van der Waals surface area contributed by atoms with Gasteiger partial charge in [-0.25, -0.2) is 4.39 Å². The fraction of sp³-hybridized carbons (Fsp3) is 0.571. The fourth-order valence-electron chi connectivity index (χ4n) is 4.18. The molecule has 1 N–H and O–H groups in total. The van der Waals surface area contributed by atoms with Crippen molar-refractivity contribution in [2.45, 2.75) is 56.9 Å². The number of piperidine rings is 1. The highest BCUT2D eigenvalue weighted by atomic mass is 19.1. The predicted molar refractivity (Wildman–Crippen MR) is 103 cm³/mol. The second-order valence-corrected chi connectivity index (χ2v) is 7.92. The van der Waals surface area contributed by atoms with E-state index in [-0.39, 0.29) is 17.6 Å². The number of rotatable bonds is 5. The van der Waals surface area contributed by atoms with Crippen LogP contribution in [-0.4, -0.2) is 46.6 Å². The number of carbonyl (C=O) groups excluding carboxylic acids is 1. The molecule has 1 aromatic carbocycles. The third-order valence-corrected chi connectivity index (χ3v) is 5.82. The van der Waals surface area contributed by atoms with Crippen molar-refractivity contribution < 1.29 is 13.7 Å². The second kappa shape index (κ2) is 8.82. The zero-order valence-corrected chi connectivity index (χ0v) is 16.1. The fourth-order valence-corrected chi connectivity index (χ4v) is 4.18. The number of hydrogen-bond acceptors (Lipinski definition) is 5. The second-order valence-electron chi connectivity index (χ2n) is 7.92. The summed E-state index contributed by atoms with van der Waals surface area (Å²) in [7, 11) is 0. The summed E-state index contributed by atoms with van der Waals surface area (Å²) in [6, 6.07) is 6.45. The van der Waals surface area contributed by atoms with Gasteiger partial charge in [-0.3, -0.25) is 9.69 Å². The van der Waals surface area contributed by atoms with Crippen LogP contribution in [0.2, 0.25) is 0 Å². The molecule has 2 aromatic rings. The minimum absolute atomic E-state index is 0.140. The van der Waals surface area contributed by atoms with Gasteiger partial charge in [-0.05, 0) is 63.0 Å². The summed E-state index contributed by atoms with van der Waals surface area (Å²) in [6.07, 6.45) is 7.74. The molecule has 1 saturated carbocycles. The Hall–Kier alpha value is -2.28. The van der Waals surface area contributed by atoms with Crippen molar-refractivity contribution >= 4 is 5.91 Å². The molecule has 7 heteroatoms. The van der Waals surface area contributed by atoms with Gasteiger partial charge in [0.2, 0.25) is 17.6 Å². The quantitative estimate of drug-likeness (QED) is 0.852. The molecule has 1 aromatic heterocycles. The Kier molecular flexibility index (Phi) is 6.00. The minimum Gasteiger partial charge on any atom is -0.352 e. The molecule has 0 unspecified atom stereocenters. The van der Waals surface area contributed by atoms with Crippen LogP contribution >= 0.6 is 0 Å². The Morgan fingerprint density at radius 3 is 2.54 bits per heavy atom. The summed E-state index contributed by atoms with van der Waals surface area (Å²) in [5, 5.41) is 7.22. The number of likely N-dealkylation sites (tertiary alicyclic amines) is 1. The Bertz CT molecular complexity index is 778. The van der Waals surface area contributed by atoms with Gasteiger partial charge in [0.05, 0.1) is 6.54 Å². The van der Waals surface area contributed by atoms with E-state index in [4.69, 9.17) is 4.52 Å². The first kappa shape index (κ1) is 19.1. The largest absolute Gasteiger partial charge is 0.352 e. The zero-order valence-electron chi connectivity index (χ0n) is 16.1. The van der Waals surface area contributed by atoms with Crippen LogP contribution in [0.1, 0.15) is 56.8 Å². The van der Waals surface area contributed by atoms with Crippen LogP contribution in [0, 0.1) is 5.82 Å². The maximum absolute atomic E-state index is 13.1. The molecule has 1 aliphatic heterocycles. The molecule has 0 bridgehead atoms. The van der Waals surface area contributed by atoms with Gasteiger partial charge in [0.1, 0.15) is 5.82 Å². The third-order valence-electron chi connectivity index (χ3n) is 5.82. The van der Waals surface area contributed by atoms with Gasteiger partial charge < -0.3 is 9.84 Å². The highest BCUT2D eigenvalue weighted by Crippen LogP contribution is 2.28. The number of amides is 1. The Balaban J connectivity index is 1.26. The van der Waals surface area contributed by atoms with Gasteiger partial charge in [0.25, 0.3) is 0 Å². The first-order valence-corrected chi connectivity index (χ1v) is 10.3. The van der Waals surface area contributed by atoms with Gasteiger partial charge in [-0.1, -0.05) is 24.4 Å². The van der Waals surface area contributed by atoms with Crippen LogP contribution in [0.25, 0.3) is 11.4 Å². The van der Waals surface area contributed by atoms with Gasteiger partial charge in [0, 0.05) is 17.5 Å². The van der Waals surface area contributed by atoms with E-state index in [0.717, 1.165) is 44.3 Å². The minimum atomic E-state index is -0.285. The van der Waals surface area contributed by atoms with Crippen LogP contribution in [0.5, 0.6) is 0 Å². The monoisotopic (exact) mass is 386 g/mol. The lowest BCUT2D eigenvalue weighted by Gasteiger charge is -2.30. The highest BCUT2D eigenvalue weighted by molar-refractivity contribution is 5.78. The van der Waals surface area contributed by atoms with Gasteiger partial charge in [-0.2, -0.15) is 4.98 Å². The van der Waals surface area contributed by atoms with Crippen LogP contribution in [0.3, 0.4) is 0 Å². The molecule has 2 fully saturated rings. The molecular weight excluding hydrogens is 359 g/mol. The average molecular weight is 386 g/mol. The van der Waals surface area contributed by atoms with Crippen molar-refractivity contribution in [3.8, 4) is 11.4 Å². The molecule has 1 amide bonds. The summed E-state index contributed by atoms with van der Waals surface area (Å²) in [5.41, 5.74) is 0.744. The summed E-state index contributed by atoms with van der Waals surface area (Å²) in [6.45, 7) is 2.15. The van der Waals surface area contributed by atoms with E-state index in [1.807, 2.05) is 0 Å². The van der Waals surface area contributed by atoms with E-state index in [9.17, 15) is 9.18 Å². The van der Waals surface area contributed by atoms with E-state index in [1.54, 1.807) is 12.1 Å². The van der Waals surface area contributed by atoms with Gasteiger partial charge >= 0.3 is 0 Å². The molecular formula is C21H27FN4O2. The predicted octanol–water partition coefficient (Wildman–Crippen LogP) is 3.50. The SMILES string of the molecule is O=C(CN1CCC(c2nc(-c3ccc(F)cc3)no2)CC1)NC1CCCCC1. The molecule has 2 heterocycles. The molecule has 0 atom stereocenters. The van der Waals surface area contributed by atoms with Crippen molar-refractivity contribution in [2.75, 3.05) is 19.6 Å². The van der Waals surface area contributed by atoms with E-state index in [0.29, 0.717) is 24.3 Å². The Morgan fingerprint density at radius 1 is 1.11 bits per heavy atom. The van der Waals surface area contributed by atoms with E-state index in [2.05, 4.69) is 20.4 Å². The molecule has 4 rings (SSSR count). The highest BCUT2D eigenvalue weighted by Gasteiger charge is 2.27. The maximum atomic E-state index is 13.1. The van der Waals surface area contributed by atoms with Crippen LogP contribution < -0.4 is 5.32 Å². The standard InChI is InChI=1S/C21H27FN4O2/c22-17-8-6-15(7-9-17)20-24-21(28-25-20)16-10-12-26(13-11-16)14-19(27)23-18-4-2-1-3-5-18/h6-9,16,18H,1-5,10-14H2,(H,23,27). The first-order chi connectivity index (χ1) is 13.7. The topological polar surface area (TPSA) is 71.3 Å². The van der Waals surface area contributed by atoms with Gasteiger partial charge in [0.15, 0.2) is 0 Å². The lowest BCUT2D eigenvalue weighted by Crippen LogP contribution is -2.44. The lowest BCUT2D eigenvalue weighted by molar-refractivity contribution is -0.123. The van der Waals surface area contributed by atoms with Crippen molar-refractivity contribution in [3.05, 3.63) is 36.0 Å². The molecule has 6 nitrogen and oxygen atoms in total. The number of hydrogen-bond donors (Lipinski definition) is 1. The number of aromatic nitrogens is 2. The Morgan fingerprint density at radius 2 is 1.82 bits per heavy atom.